The molecule has 1 heterocycles. The predicted molar refractivity (Wildman–Crippen MR) is 81.3 cm³/mol. The molecule has 20 heavy (non-hydrogen) atoms. The van der Waals surface area contributed by atoms with Crippen molar-refractivity contribution in [3.8, 4) is 0 Å². The van der Waals surface area contributed by atoms with Gasteiger partial charge in [0.15, 0.2) is 0 Å². The Morgan fingerprint density at radius 3 is 2.80 bits per heavy atom. The fraction of sp³-hybridized carbons (Fsp3) is 0.571. The Hall–Kier alpha value is -1.11. The van der Waals surface area contributed by atoms with Gasteiger partial charge >= 0.3 is 0 Å². The third kappa shape index (κ3) is 3.13. The van der Waals surface area contributed by atoms with E-state index in [1.807, 2.05) is 12.1 Å². The van der Waals surface area contributed by atoms with Crippen molar-refractivity contribution in [1.29, 1.82) is 0 Å². The second-order valence-electron chi connectivity index (χ2n) is 5.10. The van der Waals surface area contributed by atoms with Gasteiger partial charge in [-0.15, -0.1) is 0 Å². The van der Waals surface area contributed by atoms with E-state index in [1.165, 1.54) is 13.5 Å². The van der Waals surface area contributed by atoms with Crippen LogP contribution in [-0.4, -0.2) is 34.6 Å². The number of benzene rings is 1. The highest BCUT2D eigenvalue weighted by atomic mass is 32.2. The van der Waals surface area contributed by atoms with Crippen molar-refractivity contribution in [1.82, 2.24) is 4.72 Å². The summed E-state index contributed by atoms with van der Waals surface area (Å²) in [6, 6.07) is 7.53. The largest absolute Gasteiger partial charge is 0.367 e. The molecule has 1 aromatic rings. The number of nitrogens with zero attached hydrogens (tertiary/aromatic N) is 1. The summed E-state index contributed by atoms with van der Waals surface area (Å²) in [5.41, 5.74) is 6.48. The first kappa shape index (κ1) is 15.3. The SMILES string of the molecule is CNS(=O)(=O)c1ccccc1N1CCCCC1CCN. The summed E-state index contributed by atoms with van der Waals surface area (Å²) in [6.45, 7) is 1.52. The molecule has 1 saturated heterocycles. The zero-order valence-corrected chi connectivity index (χ0v) is 12.7. The van der Waals surface area contributed by atoms with Crippen molar-refractivity contribution in [2.75, 3.05) is 25.0 Å². The Kier molecular flexibility index (Phi) is 5.01. The summed E-state index contributed by atoms with van der Waals surface area (Å²) in [5.74, 6) is 0. The lowest BCUT2D eigenvalue weighted by Crippen LogP contribution is -2.41. The lowest BCUT2D eigenvalue weighted by Gasteiger charge is -2.38. The second kappa shape index (κ2) is 6.56. The lowest BCUT2D eigenvalue weighted by molar-refractivity contribution is 0.439. The van der Waals surface area contributed by atoms with Crippen LogP contribution in [0, 0.1) is 0 Å². The summed E-state index contributed by atoms with van der Waals surface area (Å²) in [4.78, 5) is 2.56. The van der Waals surface area contributed by atoms with E-state index in [0.717, 1.165) is 31.5 Å². The molecule has 1 aliphatic heterocycles. The predicted octanol–water partition coefficient (Wildman–Crippen LogP) is 1.30. The van der Waals surface area contributed by atoms with E-state index in [9.17, 15) is 8.42 Å². The Balaban J connectivity index is 2.40. The minimum absolute atomic E-state index is 0.335. The van der Waals surface area contributed by atoms with Crippen molar-refractivity contribution in [3.05, 3.63) is 24.3 Å². The number of nitrogens with two attached hydrogens (primary N) is 1. The first-order chi connectivity index (χ1) is 9.60. The van der Waals surface area contributed by atoms with E-state index in [4.69, 9.17) is 5.73 Å². The molecule has 1 aliphatic rings. The van der Waals surface area contributed by atoms with Gasteiger partial charge in [-0.25, -0.2) is 13.1 Å². The van der Waals surface area contributed by atoms with Crippen LogP contribution in [0.3, 0.4) is 0 Å². The Labute approximate surface area is 121 Å². The third-order valence-corrected chi connectivity index (χ3v) is 5.32. The maximum absolute atomic E-state index is 12.2. The fourth-order valence-electron chi connectivity index (χ4n) is 2.84. The van der Waals surface area contributed by atoms with Crippen LogP contribution >= 0.6 is 0 Å². The van der Waals surface area contributed by atoms with Gasteiger partial charge in [0.05, 0.1) is 5.69 Å². The smallest absolute Gasteiger partial charge is 0.242 e. The zero-order valence-electron chi connectivity index (χ0n) is 11.9. The van der Waals surface area contributed by atoms with Gasteiger partial charge < -0.3 is 10.6 Å². The van der Waals surface area contributed by atoms with Gasteiger partial charge in [0.2, 0.25) is 10.0 Å². The third-order valence-electron chi connectivity index (χ3n) is 3.86. The van der Waals surface area contributed by atoms with Crippen LogP contribution < -0.4 is 15.4 Å². The molecule has 0 aromatic heterocycles. The normalized spacial score (nSPS) is 20.1. The number of piperidine rings is 1. The van der Waals surface area contributed by atoms with Crippen molar-refractivity contribution >= 4 is 15.7 Å². The van der Waals surface area contributed by atoms with E-state index in [2.05, 4.69) is 9.62 Å². The van der Waals surface area contributed by atoms with Gasteiger partial charge in [0.1, 0.15) is 4.90 Å². The van der Waals surface area contributed by atoms with Crippen LogP contribution in [-0.2, 0) is 10.0 Å². The molecule has 1 aromatic carbocycles. The molecule has 112 valence electrons. The molecular formula is C14H23N3O2S. The summed E-state index contributed by atoms with van der Waals surface area (Å²) >= 11 is 0. The minimum atomic E-state index is -3.44. The molecular weight excluding hydrogens is 274 g/mol. The second-order valence-corrected chi connectivity index (χ2v) is 6.95. The van der Waals surface area contributed by atoms with E-state index < -0.39 is 10.0 Å². The number of para-hydroxylation sites is 1. The highest BCUT2D eigenvalue weighted by Crippen LogP contribution is 2.31. The van der Waals surface area contributed by atoms with Crippen LogP contribution in [0.25, 0.3) is 0 Å². The number of sulfonamides is 1. The van der Waals surface area contributed by atoms with Gasteiger partial charge in [0.25, 0.3) is 0 Å². The number of anilines is 1. The molecule has 6 heteroatoms. The van der Waals surface area contributed by atoms with E-state index in [-0.39, 0.29) is 0 Å². The molecule has 1 fully saturated rings. The van der Waals surface area contributed by atoms with Crippen molar-refractivity contribution in [3.63, 3.8) is 0 Å². The molecule has 0 saturated carbocycles. The Bertz CT molecular complexity index is 543. The molecule has 5 nitrogen and oxygen atoms in total. The number of hydrogen-bond acceptors (Lipinski definition) is 4. The Morgan fingerprint density at radius 1 is 1.35 bits per heavy atom. The topological polar surface area (TPSA) is 75.4 Å². The molecule has 0 bridgehead atoms. The first-order valence-corrected chi connectivity index (χ1v) is 8.57. The Morgan fingerprint density at radius 2 is 2.10 bits per heavy atom. The van der Waals surface area contributed by atoms with Crippen LogP contribution in [0.15, 0.2) is 29.2 Å². The maximum Gasteiger partial charge on any atom is 0.242 e. The van der Waals surface area contributed by atoms with Gasteiger partial charge in [-0.3, -0.25) is 0 Å². The number of hydrogen-bond donors (Lipinski definition) is 2. The van der Waals surface area contributed by atoms with E-state index >= 15 is 0 Å². The molecule has 0 spiro atoms. The highest BCUT2D eigenvalue weighted by Gasteiger charge is 2.26. The van der Waals surface area contributed by atoms with Gasteiger partial charge in [-0.1, -0.05) is 12.1 Å². The summed E-state index contributed by atoms with van der Waals surface area (Å²) in [5, 5.41) is 0. The molecule has 0 aliphatic carbocycles. The summed E-state index contributed by atoms with van der Waals surface area (Å²) < 4.78 is 26.7. The number of nitrogens with one attached hydrogen (secondary N) is 1. The van der Waals surface area contributed by atoms with Crippen LogP contribution in [0.4, 0.5) is 5.69 Å². The van der Waals surface area contributed by atoms with Gasteiger partial charge in [-0.2, -0.15) is 0 Å². The maximum atomic E-state index is 12.2. The fourth-order valence-corrected chi connectivity index (χ4v) is 3.78. The number of rotatable bonds is 5. The minimum Gasteiger partial charge on any atom is -0.367 e. The van der Waals surface area contributed by atoms with E-state index in [0.29, 0.717) is 17.5 Å². The zero-order chi connectivity index (χ0) is 14.6. The van der Waals surface area contributed by atoms with Crippen LogP contribution in [0.2, 0.25) is 0 Å². The van der Waals surface area contributed by atoms with Crippen molar-refractivity contribution in [2.45, 2.75) is 36.6 Å². The molecule has 2 rings (SSSR count). The molecule has 1 unspecified atom stereocenters. The highest BCUT2D eigenvalue weighted by molar-refractivity contribution is 7.89. The van der Waals surface area contributed by atoms with Gasteiger partial charge in [0, 0.05) is 12.6 Å². The average Bonchev–Trinajstić information content (AvgIpc) is 2.48. The quantitative estimate of drug-likeness (QED) is 0.859. The van der Waals surface area contributed by atoms with E-state index in [1.54, 1.807) is 12.1 Å². The van der Waals surface area contributed by atoms with Crippen molar-refractivity contribution in [2.24, 2.45) is 5.73 Å². The summed E-state index contributed by atoms with van der Waals surface area (Å²) in [6.07, 6.45) is 4.25. The molecule has 1 atom stereocenters. The van der Waals surface area contributed by atoms with Crippen LogP contribution in [0.1, 0.15) is 25.7 Å². The summed E-state index contributed by atoms with van der Waals surface area (Å²) in [7, 11) is -2.00. The molecule has 0 amide bonds. The van der Waals surface area contributed by atoms with Crippen molar-refractivity contribution < 1.29 is 8.42 Å². The average molecular weight is 297 g/mol. The monoisotopic (exact) mass is 297 g/mol. The van der Waals surface area contributed by atoms with Gasteiger partial charge in [-0.05, 0) is 51.4 Å². The standard InChI is InChI=1S/C14H23N3O2S/c1-16-20(18,19)14-8-3-2-7-13(14)17-11-5-4-6-12(17)9-10-15/h2-3,7-8,12,16H,4-6,9-11,15H2,1H3. The van der Waals surface area contributed by atoms with Crippen LogP contribution in [0.5, 0.6) is 0 Å². The molecule has 0 radical (unpaired) electrons. The first-order valence-electron chi connectivity index (χ1n) is 7.09. The lowest BCUT2D eigenvalue weighted by atomic mass is 9.98. The molecule has 3 N–H and O–H groups in total.